The number of aromatic amines is 1. The molecule has 118 valence electrons. The molecule has 2 N–H and O–H groups in total. The number of rotatable bonds is 3. The van der Waals surface area contributed by atoms with Crippen molar-refractivity contribution < 1.29 is 22.7 Å². The monoisotopic (exact) mass is 322 g/mol. The van der Waals surface area contributed by atoms with E-state index < -0.39 is 28.9 Å². The zero-order valence-corrected chi connectivity index (χ0v) is 11.5. The molecule has 0 atom stereocenters. The third kappa shape index (κ3) is 2.70. The summed E-state index contributed by atoms with van der Waals surface area (Å²) in [7, 11) is 0. The van der Waals surface area contributed by atoms with E-state index in [9.17, 15) is 22.7 Å². The van der Waals surface area contributed by atoms with Crippen molar-refractivity contribution >= 4 is 0 Å². The van der Waals surface area contributed by atoms with Gasteiger partial charge in [-0.2, -0.15) is 0 Å². The molecule has 1 aromatic heterocycles. The Morgan fingerprint density at radius 2 is 1.22 bits per heavy atom. The van der Waals surface area contributed by atoms with Gasteiger partial charge in [0.1, 0.15) is 23.3 Å². The lowest BCUT2D eigenvalue weighted by Gasteiger charge is -2.28. The Labute approximate surface area is 128 Å². The molecule has 0 saturated carbocycles. The first-order chi connectivity index (χ1) is 10.9. The highest BCUT2D eigenvalue weighted by molar-refractivity contribution is 5.44. The first-order valence-electron chi connectivity index (χ1n) is 6.54. The van der Waals surface area contributed by atoms with Crippen molar-refractivity contribution in [3.63, 3.8) is 0 Å². The Morgan fingerprint density at radius 1 is 0.783 bits per heavy atom. The second kappa shape index (κ2) is 5.51. The number of nitrogens with one attached hydrogen (secondary N) is 1. The minimum absolute atomic E-state index is 0.00694. The van der Waals surface area contributed by atoms with Crippen molar-refractivity contribution in [1.82, 2.24) is 9.97 Å². The molecule has 0 bridgehead atoms. The molecule has 0 unspecified atom stereocenters. The van der Waals surface area contributed by atoms with Gasteiger partial charge in [0.15, 0.2) is 5.60 Å². The summed E-state index contributed by atoms with van der Waals surface area (Å²) in [6, 6.07) is 4.78. The van der Waals surface area contributed by atoms with Crippen molar-refractivity contribution in [3.8, 4) is 0 Å². The first kappa shape index (κ1) is 15.2. The van der Waals surface area contributed by atoms with Crippen LogP contribution in [0.25, 0.3) is 0 Å². The Balaban J connectivity index is 2.31. The van der Waals surface area contributed by atoms with E-state index in [0.717, 1.165) is 24.3 Å². The number of hydrogen-bond acceptors (Lipinski definition) is 2. The molecule has 23 heavy (non-hydrogen) atoms. The van der Waals surface area contributed by atoms with E-state index in [1.165, 1.54) is 12.5 Å². The van der Waals surface area contributed by atoms with Crippen LogP contribution in [0.2, 0.25) is 0 Å². The minimum Gasteiger partial charge on any atom is -0.374 e. The predicted octanol–water partition coefficient (Wildman–Crippen LogP) is 3.25. The van der Waals surface area contributed by atoms with Crippen molar-refractivity contribution in [2.45, 2.75) is 5.60 Å². The summed E-state index contributed by atoms with van der Waals surface area (Å²) in [5.41, 5.74) is -2.66. The summed E-state index contributed by atoms with van der Waals surface area (Å²) in [6.45, 7) is 0. The number of nitrogens with zero attached hydrogens (tertiary/aromatic N) is 1. The molecule has 7 heteroatoms. The van der Waals surface area contributed by atoms with Gasteiger partial charge in [-0.05, 0) is 35.4 Å². The molecule has 0 radical (unpaired) electrons. The number of H-pyrrole nitrogens is 1. The van der Waals surface area contributed by atoms with Crippen LogP contribution in [0.15, 0.2) is 48.9 Å². The molecular formula is C16H10F4N2O. The Hall–Kier alpha value is -2.67. The van der Waals surface area contributed by atoms with Gasteiger partial charge in [0, 0.05) is 12.1 Å². The van der Waals surface area contributed by atoms with Gasteiger partial charge in [-0.1, -0.05) is 0 Å². The van der Waals surface area contributed by atoms with Gasteiger partial charge in [0.05, 0.1) is 18.2 Å². The van der Waals surface area contributed by atoms with Crippen LogP contribution in [0, 0.1) is 23.3 Å². The van der Waals surface area contributed by atoms with Gasteiger partial charge in [-0.25, -0.2) is 22.5 Å². The molecule has 1 heterocycles. The number of aromatic nitrogens is 2. The van der Waals surface area contributed by atoms with Crippen molar-refractivity contribution in [2.75, 3.05) is 0 Å². The maximum Gasteiger partial charge on any atom is 0.157 e. The van der Waals surface area contributed by atoms with Crippen LogP contribution in [-0.2, 0) is 5.60 Å². The standard InChI is InChI=1S/C16H10F4N2O/c17-11-1-9(2-12(18)5-11)16(23,15-7-21-8-22-15)10-3-13(19)6-14(20)4-10/h1-8,23H,(H,21,22). The van der Waals surface area contributed by atoms with E-state index >= 15 is 0 Å². The summed E-state index contributed by atoms with van der Waals surface area (Å²) < 4.78 is 54.2. The van der Waals surface area contributed by atoms with Crippen LogP contribution in [0.3, 0.4) is 0 Å². The fourth-order valence-corrected chi connectivity index (χ4v) is 2.46. The van der Waals surface area contributed by atoms with Crippen LogP contribution in [0.5, 0.6) is 0 Å². The molecular weight excluding hydrogens is 312 g/mol. The largest absolute Gasteiger partial charge is 0.374 e. The number of imidazole rings is 1. The third-order valence-electron chi connectivity index (χ3n) is 3.45. The molecule has 3 rings (SSSR count). The first-order valence-corrected chi connectivity index (χ1v) is 6.54. The van der Waals surface area contributed by atoms with E-state index in [1.54, 1.807) is 0 Å². The Morgan fingerprint density at radius 3 is 1.57 bits per heavy atom. The van der Waals surface area contributed by atoms with Crippen molar-refractivity contribution in [1.29, 1.82) is 0 Å². The van der Waals surface area contributed by atoms with E-state index in [4.69, 9.17) is 0 Å². The average Bonchev–Trinajstić information content (AvgIpc) is 2.98. The molecule has 0 saturated heterocycles. The zero-order valence-electron chi connectivity index (χ0n) is 11.5. The Kier molecular flexibility index (Phi) is 3.65. The van der Waals surface area contributed by atoms with Gasteiger partial charge in [-0.3, -0.25) is 0 Å². The highest BCUT2D eigenvalue weighted by Crippen LogP contribution is 2.36. The van der Waals surface area contributed by atoms with Gasteiger partial charge >= 0.3 is 0 Å². The highest BCUT2D eigenvalue weighted by atomic mass is 19.1. The molecule has 2 aromatic carbocycles. The van der Waals surface area contributed by atoms with E-state index in [2.05, 4.69) is 9.97 Å². The Bertz CT molecular complexity index is 757. The lowest BCUT2D eigenvalue weighted by atomic mass is 9.83. The molecule has 3 nitrogen and oxygen atoms in total. The van der Waals surface area contributed by atoms with Crippen LogP contribution >= 0.6 is 0 Å². The average molecular weight is 322 g/mol. The van der Waals surface area contributed by atoms with Crippen molar-refractivity contribution in [2.24, 2.45) is 0 Å². The van der Waals surface area contributed by atoms with E-state index in [1.807, 2.05) is 0 Å². The molecule has 0 aliphatic rings. The van der Waals surface area contributed by atoms with Gasteiger partial charge in [0.2, 0.25) is 0 Å². The van der Waals surface area contributed by atoms with E-state index in [-0.39, 0.29) is 16.8 Å². The fourth-order valence-electron chi connectivity index (χ4n) is 2.46. The van der Waals surface area contributed by atoms with Gasteiger partial charge < -0.3 is 10.1 Å². The van der Waals surface area contributed by atoms with Crippen LogP contribution in [-0.4, -0.2) is 15.1 Å². The van der Waals surface area contributed by atoms with Crippen LogP contribution in [0.4, 0.5) is 17.6 Å². The quantitative estimate of drug-likeness (QED) is 0.727. The molecule has 0 aliphatic heterocycles. The lowest BCUT2D eigenvalue weighted by molar-refractivity contribution is 0.119. The van der Waals surface area contributed by atoms with Crippen LogP contribution < -0.4 is 0 Å². The predicted molar refractivity (Wildman–Crippen MR) is 73.4 cm³/mol. The maximum absolute atomic E-state index is 13.5. The smallest absolute Gasteiger partial charge is 0.157 e. The van der Waals surface area contributed by atoms with Gasteiger partial charge in [-0.15, -0.1) is 0 Å². The molecule has 0 aliphatic carbocycles. The summed E-state index contributed by atoms with van der Waals surface area (Å²) in [5.74, 6) is -3.74. The molecule has 3 aromatic rings. The second-order valence-corrected chi connectivity index (χ2v) is 4.99. The van der Waals surface area contributed by atoms with Crippen molar-refractivity contribution in [3.05, 3.63) is 89.0 Å². The molecule has 0 spiro atoms. The summed E-state index contributed by atoms with van der Waals surface area (Å²) >= 11 is 0. The minimum atomic E-state index is -2.21. The maximum atomic E-state index is 13.5. The number of benzene rings is 2. The summed E-state index contributed by atoms with van der Waals surface area (Å²) in [4.78, 5) is 6.34. The SMILES string of the molecule is OC(c1cc(F)cc(F)c1)(c1cc(F)cc(F)c1)c1cnc[nH]1. The van der Waals surface area contributed by atoms with Crippen LogP contribution in [0.1, 0.15) is 16.8 Å². The second-order valence-electron chi connectivity index (χ2n) is 4.99. The summed E-state index contributed by atoms with van der Waals surface area (Å²) in [6.07, 6.45) is 2.43. The zero-order chi connectivity index (χ0) is 16.6. The third-order valence-corrected chi connectivity index (χ3v) is 3.45. The normalized spacial score (nSPS) is 11.7. The fraction of sp³-hybridized carbons (Fsp3) is 0.0625. The molecule has 0 fully saturated rings. The number of hydrogen-bond donors (Lipinski definition) is 2. The number of aliphatic hydroxyl groups is 1. The number of halogens is 4. The summed E-state index contributed by atoms with van der Waals surface area (Å²) in [5, 5.41) is 11.1. The van der Waals surface area contributed by atoms with E-state index in [0.29, 0.717) is 12.1 Å². The topological polar surface area (TPSA) is 48.9 Å². The molecule has 0 amide bonds. The van der Waals surface area contributed by atoms with Gasteiger partial charge in [0.25, 0.3) is 0 Å². The highest BCUT2D eigenvalue weighted by Gasteiger charge is 2.37. The lowest BCUT2D eigenvalue weighted by Crippen LogP contribution is -2.30.